The predicted octanol–water partition coefficient (Wildman–Crippen LogP) is 3.39. The van der Waals surface area contributed by atoms with Crippen molar-refractivity contribution in [1.82, 2.24) is 15.5 Å². The minimum atomic E-state index is -0.607. The van der Waals surface area contributed by atoms with E-state index < -0.39 is 12.0 Å². The van der Waals surface area contributed by atoms with Gasteiger partial charge in [0, 0.05) is 18.8 Å². The Morgan fingerprint density at radius 1 is 1.03 bits per heavy atom. The summed E-state index contributed by atoms with van der Waals surface area (Å²) in [7, 11) is 1.59. The second-order valence-electron chi connectivity index (χ2n) is 7.21. The van der Waals surface area contributed by atoms with Gasteiger partial charge in [-0.1, -0.05) is 49.4 Å². The summed E-state index contributed by atoms with van der Waals surface area (Å²) in [5.74, 6) is 0.257. The van der Waals surface area contributed by atoms with E-state index in [2.05, 4.69) is 34.6 Å². The van der Waals surface area contributed by atoms with E-state index in [4.69, 9.17) is 9.47 Å². The number of methoxy groups -OCH3 is 1. The number of nitrogens with zero attached hydrogens (tertiary/aromatic N) is 1. The van der Waals surface area contributed by atoms with Crippen LogP contribution in [0.3, 0.4) is 0 Å². The van der Waals surface area contributed by atoms with Crippen LogP contribution in [0.1, 0.15) is 31.0 Å². The van der Waals surface area contributed by atoms with Crippen molar-refractivity contribution in [2.75, 3.05) is 26.8 Å². The monoisotopic (exact) mass is 423 g/mol. The van der Waals surface area contributed by atoms with Gasteiger partial charge in [-0.05, 0) is 36.7 Å². The van der Waals surface area contributed by atoms with Gasteiger partial charge in [0.1, 0.15) is 5.75 Å². The van der Waals surface area contributed by atoms with Gasteiger partial charge < -0.3 is 20.1 Å². The van der Waals surface area contributed by atoms with Crippen molar-refractivity contribution < 1.29 is 19.1 Å². The standard InChI is InChI=1S/C24H29N3O4/c1-4-27(15-17-9-7-6-8-10-17)16-20-21(23(28)31-5-2)22(26-24(29)25-20)18-11-13-19(30-3)14-12-18/h6-14,22H,4-5,15-16H2,1-3H3,(H2,25,26,29)/t22-/m0/s1. The van der Waals surface area contributed by atoms with Crippen LogP contribution in [0.25, 0.3) is 0 Å². The van der Waals surface area contributed by atoms with E-state index in [0.29, 0.717) is 30.1 Å². The second-order valence-corrected chi connectivity index (χ2v) is 7.21. The highest BCUT2D eigenvalue weighted by molar-refractivity contribution is 5.95. The van der Waals surface area contributed by atoms with Crippen molar-refractivity contribution in [3.63, 3.8) is 0 Å². The average Bonchev–Trinajstić information content (AvgIpc) is 2.79. The van der Waals surface area contributed by atoms with Crippen LogP contribution in [0.4, 0.5) is 4.79 Å². The molecule has 0 unspecified atom stereocenters. The van der Waals surface area contributed by atoms with E-state index in [9.17, 15) is 9.59 Å². The molecule has 0 bridgehead atoms. The Morgan fingerprint density at radius 3 is 2.35 bits per heavy atom. The quantitative estimate of drug-likeness (QED) is 0.605. The first-order valence-electron chi connectivity index (χ1n) is 10.4. The van der Waals surface area contributed by atoms with E-state index >= 15 is 0 Å². The van der Waals surface area contributed by atoms with Crippen LogP contribution < -0.4 is 15.4 Å². The van der Waals surface area contributed by atoms with Gasteiger partial charge in [0.25, 0.3) is 0 Å². The highest BCUT2D eigenvalue weighted by Gasteiger charge is 2.34. The maximum absolute atomic E-state index is 12.9. The first-order valence-corrected chi connectivity index (χ1v) is 10.4. The summed E-state index contributed by atoms with van der Waals surface area (Å²) in [5.41, 5.74) is 2.91. The number of hydrogen-bond acceptors (Lipinski definition) is 5. The summed E-state index contributed by atoms with van der Waals surface area (Å²) in [6.45, 7) is 5.94. The Labute approximate surface area is 183 Å². The number of nitrogens with one attached hydrogen (secondary N) is 2. The number of urea groups is 1. The molecule has 0 saturated carbocycles. The van der Waals surface area contributed by atoms with Crippen LogP contribution in [0.5, 0.6) is 5.75 Å². The highest BCUT2D eigenvalue weighted by atomic mass is 16.5. The van der Waals surface area contributed by atoms with Gasteiger partial charge in [0.2, 0.25) is 0 Å². The number of carbonyl (C=O) groups is 2. The number of ether oxygens (including phenoxy) is 2. The molecular weight excluding hydrogens is 394 g/mol. The Kier molecular flexibility index (Phi) is 7.67. The molecule has 3 rings (SSSR count). The Bertz CT molecular complexity index is 926. The molecule has 0 aromatic heterocycles. The van der Waals surface area contributed by atoms with Gasteiger partial charge in [-0.3, -0.25) is 4.90 Å². The molecule has 2 aromatic carbocycles. The van der Waals surface area contributed by atoms with Gasteiger partial charge in [-0.15, -0.1) is 0 Å². The van der Waals surface area contributed by atoms with Gasteiger partial charge in [0.15, 0.2) is 0 Å². The molecule has 1 atom stereocenters. The van der Waals surface area contributed by atoms with Crippen LogP contribution in [-0.4, -0.2) is 43.7 Å². The van der Waals surface area contributed by atoms with E-state index in [-0.39, 0.29) is 12.6 Å². The molecule has 1 heterocycles. The topological polar surface area (TPSA) is 79.9 Å². The molecule has 0 radical (unpaired) electrons. The molecule has 0 spiro atoms. The molecule has 2 aromatic rings. The number of likely N-dealkylation sites (N-methyl/N-ethyl adjacent to an activating group) is 1. The molecule has 2 N–H and O–H groups in total. The minimum absolute atomic E-state index is 0.250. The number of hydrogen-bond donors (Lipinski definition) is 2. The predicted molar refractivity (Wildman–Crippen MR) is 118 cm³/mol. The summed E-state index contributed by atoms with van der Waals surface area (Å²) in [5, 5.41) is 5.70. The Hall–Kier alpha value is -3.32. The molecule has 2 amide bonds. The van der Waals surface area contributed by atoms with Crippen molar-refractivity contribution in [1.29, 1.82) is 0 Å². The van der Waals surface area contributed by atoms with Crippen LogP contribution in [0.2, 0.25) is 0 Å². The number of amides is 2. The molecule has 0 fully saturated rings. The van der Waals surface area contributed by atoms with Crippen molar-refractivity contribution in [3.8, 4) is 5.75 Å². The van der Waals surface area contributed by atoms with E-state index in [1.807, 2.05) is 30.3 Å². The second kappa shape index (κ2) is 10.6. The molecule has 7 nitrogen and oxygen atoms in total. The van der Waals surface area contributed by atoms with Gasteiger partial charge in [-0.2, -0.15) is 0 Å². The lowest BCUT2D eigenvalue weighted by Gasteiger charge is -2.32. The molecule has 1 aliphatic rings. The Morgan fingerprint density at radius 2 is 1.74 bits per heavy atom. The zero-order chi connectivity index (χ0) is 22.2. The summed E-state index contributed by atoms with van der Waals surface area (Å²) >= 11 is 0. The van der Waals surface area contributed by atoms with Gasteiger partial charge in [-0.25, -0.2) is 9.59 Å². The lowest BCUT2D eigenvalue weighted by Crippen LogP contribution is -2.48. The van der Waals surface area contributed by atoms with E-state index in [0.717, 1.165) is 17.7 Å². The zero-order valence-electron chi connectivity index (χ0n) is 18.2. The first-order chi connectivity index (χ1) is 15.0. The lowest BCUT2D eigenvalue weighted by molar-refractivity contribution is -0.139. The third-order valence-corrected chi connectivity index (χ3v) is 5.18. The molecule has 0 aliphatic carbocycles. The van der Waals surface area contributed by atoms with Crippen LogP contribution >= 0.6 is 0 Å². The summed E-state index contributed by atoms with van der Waals surface area (Å²) in [6, 6.07) is 16.4. The molecule has 7 heteroatoms. The van der Waals surface area contributed by atoms with Crippen LogP contribution in [0.15, 0.2) is 65.9 Å². The maximum Gasteiger partial charge on any atom is 0.338 e. The third kappa shape index (κ3) is 5.64. The van der Waals surface area contributed by atoms with Crippen molar-refractivity contribution in [3.05, 3.63) is 77.0 Å². The van der Waals surface area contributed by atoms with Crippen molar-refractivity contribution in [2.45, 2.75) is 26.4 Å². The largest absolute Gasteiger partial charge is 0.497 e. The summed E-state index contributed by atoms with van der Waals surface area (Å²) in [6.07, 6.45) is 0. The van der Waals surface area contributed by atoms with E-state index in [1.54, 1.807) is 26.2 Å². The molecule has 164 valence electrons. The minimum Gasteiger partial charge on any atom is -0.497 e. The van der Waals surface area contributed by atoms with Crippen LogP contribution in [-0.2, 0) is 16.1 Å². The summed E-state index contributed by atoms with van der Waals surface area (Å²) in [4.78, 5) is 27.6. The van der Waals surface area contributed by atoms with Crippen LogP contribution in [0, 0.1) is 0 Å². The fourth-order valence-electron chi connectivity index (χ4n) is 3.58. The third-order valence-electron chi connectivity index (χ3n) is 5.18. The molecule has 0 saturated heterocycles. The number of rotatable bonds is 9. The van der Waals surface area contributed by atoms with E-state index in [1.165, 1.54) is 0 Å². The first kappa shape index (κ1) is 22.4. The lowest BCUT2D eigenvalue weighted by atomic mass is 9.94. The van der Waals surface area contributed by atoms with Gasteiger partial charge >= 0.3 is 12.0 Å². The van der Waals surface area contributed by atoms with Crippen molar-refractivity contribution >= 4 is 12.0 Å². The maximum atomic E-state index is 12.9. The number of benzene rings is 2. The molecule has 31 heavy (non-hydrogen) atoms. The van der Waals surface area contributed by atoms with Crippen molar-refractivity contribution in [2.24, 2.45) is 0 Å². The zero-order valence-corrected chi connectivity index (χ0v) is 18.2. The normalized spacial score (nSPS) is 16.0. The number of esters is 1. The fourth-order valence-corrected chi connectivity index (χ4v) is 3.58. The molecular formula is C24H29N3O4. The number of carbonyl (C=O) groups excluding carboxylic acids is 2. The molecule has 1 aliphatic heterocycles. The summed E-state index contributed by atoms with van der Waals surface area (Å²) < 4.78 is 10.6. The highest BCUT2D eigenvalue weighted by Crippen LogP contribution is 2.29. The Balaban J connectivity index is 1.96. The average molecular weight is 424 g/mol. The SMILES string of the molecule is CCOC(=O)C1=C(CN(CC)Cc2ccccc2)NC(=O)N[C@H]1c1ccc(OC)cc1. The fraction of sp³-hybridized carbons (Fsp3) is 0.333. The smallest absolute Gasteiger partial charge is 0.338 e. The van der Waals surface area contributed by atoms with Gasteiger partial charge in [0.05, 0.1) is 25.3 Å².